The summed E-state index contributed by atoms with van der Waals surface area (Å²) in [6, 6.07) is 12.9. The fourth-order valence-electron chi connectivity index (χ4n) is 2.42. The molecule has 0 aliphatic heterocycles. The number of aryl methyl sites for hydroxylation is 1. The van der Waals surface area contributed by atoms with Crippen LogP contribution in [0.1, 0.15) is 30.5 Å². The van der Waals surface area contributed by atoms with Crippen molar-refractivity contribution < 1.29 is 14.8 Å². The van der Waals surface area contributed by atoms with Crippen LogP contribution in [0.25, 0.3) is 0 Å². The predicted octanol–water partition coefficient (Wildman–Crippen LogP) is 3.82. The molecule has 2 rings (SSSR count). The van der Waals surface area contributed by atoms with Crippen LogP contribution in [0, 0.1) is 6.92 Å². The number of ether oxygens (including phenoxy) is 2. The maximum absolute atomic E-state index is 5.72. The maximum atomic E-state index is 5.72. The van der Waals surface area contributed by atoms with Crippen molar-refractivity contribution >= 4 is 15.9 Å². The normalized spacial score (nSPS) is 10.6. The monoisotopic (exact) mass is 378 g/mol. The highest BCUT2D eigenvalue weighted by Gasteiger charge is 2.12. The Labute approximate surface area is 147 Å². The maximum Gasteiger partial charge on any atom is 0.175 e. The van der Waals surface area contributed by atoms with Crippen LogP contribution >= 0.6 is 15.9 Å². The van der Waals surface area contributed by atoms with E-state index >= 15 is 0 Å². The lowest BCUT2D eigenvalue weighted by molar-refractivity contribution is -0.686. The minimum atomic E-state index is 0.623. The molecule has 0 bridgehead atoms. The highest BCUT2D eigenvalue weighted by atomic mass is 79.9. The Morgan fingerprint density at radius 3 is 2.22 bits per heavy atom. The Morgan fingerprint density at radius 2 is 1.57 bits per heavy atom. The van der Waals surface area contributed by atoms with Gasteiger partial charge in [0.05, 0.1) is 17.7 Å². The Balaban J connectivity index is 2.03. The van der Waals surface area contributed by atoms with Gasteiger partial charge in [0.25, 0.3) is 0 Å². The molecule has 3 nitrogen and oxygen atoms in total. The highest BCUT2D eigenvalue weighted by Crippen LogP contribution is 2.36. The molecule has 0 atom stereocenters. The van der Waals surface area contributed by atoms with Crippen molar-refractivity contribution in [2.45, 2.75) is 33.9 Å². The van der Waals surface area contributed by atoms with Crippen LogP contribution < -0.4 is 14.8 Å². The number of quaternary nitrogens is 1. The minimum Gasteiger partial charge on any atom is -0.490 e. The average Bonchev–Trinajstić information content (AvgIpc) is 2.53. The van der Waals surface area contributed by atoms with Crippen LogP contribution in [0.4, 0.5) is 0 Å². The van der Waals surface area contributed by atoms with Gasteiger partial charge in [-0.3, -0.25) is 0 Å². The molecule has 0 spiro atoms. The van der Waals surface area contributed by atoms with Gasteiger partial charge in [-0.15, -0.1) is 0 Å². The quantitative estimate of drug-likeness (QED) is 0.757. The van der Waals surface area contributed by atoms with E-state index in [2.05, 4.69) is 64.6 Å². The second kappa shape index (κ2) is 8.94. The SMILES string of the molecule is CCOc1cc(C[NH2+]Cc2ccc(C)cc2)cc(Br)c1OCC. The van der Waals surface area contributed by atoms with Crippen molar-refractivity contribution in [1.82, 2.24) is 0 Å². The first-order valence-electron chi connectivity index (χ1n) is 8.09. The molecule has 0 saturated heterocycles. The average molecular weight is 379 g/mol. The Bertz CT molecular complexity index is 626. The zero-order chi connectivity index (χ0) is 16.7. The van der Waals surface area contributed by atoms with Crippen molar-refractivity contribution in [3.8, 4) is 11.5 Å². The Hall–Kier alpha value is -1.52. The third kappa shape index (κ3) is 5.26. The van der Waals surface area contributed by atoms with Gasteiger partial charge in [-0.25, -0.2) is 0 Å². The topological polar surface area (TPSA) is 35.1 Å². The van der Waals surface area contributed by atoms with Crippen molar-refractivity contribution in [1.29, 1.82) is 0 Å². The van der Waals surface area contributed by atoms with Crippen molar-refractivity contribution in [2.75, 3.05) is 13.2 Å². The van der Waals surface area contributed by atoms with E-state index in [4.69, 9.17) is 9.47 Å². The lowest BCUT2D eigenvalue weighted by Crippen LogP contribution is -2.80. The molecule has 124 valence electrons. The van der Waals surface area contributed by atoms with E-state index in [0.29, 0.717) is 13.2 Å². The lowest BCUT2D eigenvalue weighted by atomic mass is 10.1. The van der Waals surface area contributed by atoms with Gasteiger partial charge in [-0.2, -0.15) is 0 Å². The van der Waals surface area contributed by atoms with Gasteiger partial charge in [0.15, 0.2) is 11.5 Å². The largest absolute Gasteiger partial charge is 0.490 e. The molecule has 0 aliphatic carbocycles. The highest BCUT2D eigenvalue weighted by molar-refractivity contribution is 9.10. The van der Waals surface area contributed by atoms with E-state index in [1.807, 2.05) is 13.8 Å². The standard InChI is InChI=1S/C19H24BrNO2/c1-4-22-18-11-16(10-17(20)19(18)23-5-2)13-21-12-15-8-6-14(3)7-9-15/h6-11,21H,4-5,12-13H2,1-3H3/p+1. The van der Waals surface area contributed by atoms with Gasteiger partial charge < -0.3 is 14.8 Å². The van der Waals surface area contributed by atoms with Gasteiger partial charge in [0, 0.05) is 11.1 Å². The summed E-state index contributed by atoms with van der Waals surface area (Å²) in [5.74, 6) is 1.60. The third-order valence-electron chi connectivity index (χ3n) is 3.54. The van der Waals surface area contributed by atoms with Gasteiger partial charge in [-0.05, 0) is 48.8 Å². The molecule has 2 N–H and O–H groups in total. The minimum absolute atomic E-state index is 0.623. The summed E-state index contributed by atoms with van der Waals surface area (Å²) < 4.78 is 12.3. The van der Waals surface area contributed by atoms with Crippen LogP contribution in [0.5, 0.6) is 11.5 Å². The van der Waals surface area contributed by atoms with Crippen LogP contribution in [-0.4, -0.2) is 13.2 Å². The first kappa shape index (κ1) is 17.8. The van der Waals surface area contributed by atoms with Gasteiger partial charge in [0.2, 0.25) is 0 Å². The van der Waals surface area contributed by atoms with Crippen LogP contribution in [-0.2, 0) is 13.1 Å². The smallest absolute Gasteiger partial charge is 0.175 e. The van der Waals surface area contributed by atoms with E-state index in [9.17, 15) is 0 Å². The van der Waals surface area contributed by atoms with Crippen LogP contribution in [0.2, 0.25) is 0 Å². The molecule has 0 unspecified atom stereocenters. The molecule has 4 heteroatoms. The molecule has 0 radical (unpaired) electrons. The predicted molar refractivity (Wildman–Crippen MR) is 97.0 cm³/mol. The summed E-state index contributed by atoms with van der Waals surface area (Å²) >= 11 is 3.59. The molecule has 23 heavy (non-hydrogen) atoms. The number of rotatable bonds is 8. The van der Waals surface area contributed by atoms with Crippen molar-refractivity contribution in [2.24, 2.45) is 0 Å². The zero-order valence-corrected chi connectivity index (χ0v) is 15.7. The second-order valence-corrected chi connectivity index (χ2v) is 6.31. The second-order valence-electron chi connectivity index (χ2n) is 5.45. The van der Waals surface area contributed by atoms with Gasteiger partial charge in [0.1, 0.15) is 13.1 Å². The molecule has 0 aliphatic rings. The molecule has 0 amide bonds. The molecule has 2 aromatic rings. The third-order valence-corrected chi connectivity index (χ3v) is 4.13. The van der Waals surface area contributed by atoms with Crippen LogP contribution in [0.3, 0.4) is 0 Å². The Kier molecular flexibility index (Phi) is 6.93. The number of nitrogens with two attached hydrogens (primary N) is 1. The molecule has 0 fully saturated rings. The summed E-state index contributed by atoms with van der Waals surface area (Å²) in [6.07, 6.45) is 0. The first-order chi connectivity index (χ1) is 11.1. The van der Waals surface area contributed by atoms with E-state index in [-0.39, 0.29) is 0 Å². The van der Waals surface area contributed by atoms with E-state index in [0.717, 1.165) is 29.1 Å². The number of hydrogen-bond acceptors (Lipinski definition) is 2. The van der Waals surface area contributed by atoms with Crippen molar-refractivity contribution in [3.05, 3.63) is 57.6 Å². The number of hydrogen-bond donors (Lipinski definition) is 1. The molecule has 0 aromatic heterocycles. The molecule has 2 aromatic carbocycles. The zero-order valence-electron chi connectivity index (χ0n) is 14.1. The van der Waals surface area contributed by atoms with Crippen molar-refractivity contribution in [3.63, 3.8) is 0 Å². The van der Waals surface area contributed by atoms with Gasteiger partial charge >= 0.3 is 0 Å². The molecule has 0 heterocycles. The summed E-state index contributed by atoms with van der Waals surface area (Å²) in [7, 11) is 0. The summed E-state index contributed by atoms with van der Waals surface area (Å²) in [5, 5.41) is 2.29. The summed E-state index contributed by atoms with van der Waals surface area (Å²) in [5.41, 5.74) is 3.85. The van der Waals surface area contributed by atoms with Crippen LogP contribution in [0.15, 0.2) is 40.9 Å². The summed E-state index contributed by atoms with van der Waals surface area (Å²) in [6.45, 7) is 9.19. The fraction of sp³-hybridized carbons (Fsp3) is 0.368. The number of halogens is 1. The molecule has 0 saturated carbocycles. The molecular weight excluding hydrogens is 354 g/mol. The Morgan fingerprint density at radius 1 is 0.913 bits per heavy atom. The lowest BCUT2D eigenvalue weighted by Gasteiger charge is -2.14. The van der Waals surface area contributed by atoms with E-state index < -0.39 is 0 Å². The first-order valence-corrected chi connectivity index (χ1v) is 8.88. The van der Waals surface area contributed by atoms with Gasteiger partial charge in [-0.1, -0.05) is 29.8 Å². The van der Waals surface area contributed by atoms with E-state index in [1.54, 1.807) is 0 Å². The molecular formula is C19H25BrNO2+. The fourth-order valence-corrected chi connectivity index (χ4v) is 3.02. The van der Waals surface area contributed by atoms with E-state index in [1.165, 1.54) is 16.7 Å². The number of benzene rings is 2. The summed E-state index contributed by atoms with van der Waals surface area (Å²) in [4.78, 5) is 0.